The van der Waals surface area contributed by atoms with Crippen LogP contribution >= 0.6 is 0 Å². The molecule has 0 saturated carbocycles. The molecule has 0 spiro atoms. The van der Waals surface area contributed by atoms with E-state index in [1.54, 1.807) is 91.0 Å². The molecule has 1 aliphatic rings. The molecule has 0 saturated heterocycles. The van der Waals surface area contributed by atoms with Crippen LogP contribution in [-0.2, 0) is 19.9 Å². The first-order chi connectivity index (χ1) is 27.1. The van der Waals surface area contributed by atoms with Crippen LogP contribution in [0.1, 0.15) is 40.2 Å². The lowest BCUT2D eigenvalue weighted by atomic mass is 9.77. The summed E-state index contributed by atoms with van der Waals surface area (Å²) in [6.07, 6.45) is -2.15. The van der Waals surface area contributed by atoms with E-state index in [1.165, 1.54) is 0 Å². The van der Waals surface area contributed by atoms with Crippen LogP contribution in [0.15, 0.2) is 140 Å². The molecule has 0 aliphatic heterocycles. The van der Waals surface area contributed by atoms with Crippen LogP contribution < -0.4 is 15.4 Å². The molecule has 282 valence electrons. The molecular weight excluding hydrogens is 731 g/mol. The summed E-state index contributed by atoms with van der Waals surface area (Å²) in [5.74, 6) is -16.9. The minimum absolute atomic E-state index is 0.218. The molecule has 1 aliphatic carbocycles. The predicted octanol–water partition coefficient (Wildman–Crippen LogP) is 8.69. The van der Waals surface area contributed by atoms with E-state index in [1.807, 2.05) is 48.5 Å². The Bertz CT molecular complexity index is 2240. The number of hydrogen-bond donors (Lipinski definition) is 2. The monoisotopic (exact) mass is 762 g/mol. The fraction of sp³-hybridized carbons (Fsp3) is 0.114. The topological polar surface area (TPSA) is 93.7 Å². The molecule has 2 N–H and O–H groups in total. The summed E-state index contributed by atoms with van der Waals surface area (Å²) < 4.78 is 81.7. The predicted molar refractivity (Wildman–Crippen MR) is 196 cm³/mol. The van der Waals surface area contributed by atoms with Crippen molar-refractivity contribution in [2.75, 3.05) is 6.61 Å². The summed E-state index contributed by atoms with van der Waals surface area (Å²) >= 11 is 0. The van der Waals surface area contributed by atoms with Crippen LogP contribution in [0.3, 0.4) is 0 Å². The minimum atomic E-state index is -2.47. The fourth-order valence-electron chi connectivity index (χ4n) is 7.05. The summed E-state index contributed by atoms with van der Waals surface area (Å²) in [6.45, 7) is -0.218. The molecule has 7 rings (SSSR count). The van der Waals surface area contributed by atoms with E-state index in [-0.39, 0.29) is 6.61 Å². The van der Waals surface area contributed by atoms with E-state index in [2.05, 4.69) is 10.6 Å². The minimum Gasteiger partial charge on any atom is -0.449 e. The van der Waals surface area contributed by atoms with Gasteiger partial charge in [0.1, 0.15) is 18.2 Å². The molecule has 0 fully saturated rings. The Morgan fingerprint density at radius 3 is 1.45 bits per heavy atom. The zero-order valence-electron chi connectivity index (χ0n) is 29.3. The van der Waals surface area contributed by atoms with Crippen LogP contribution in [-0.4, -0.2) is 30.6 Å². The molecule has 0 bridgehead atoms. The van der Waals surface area contributed by atoms with Gasteiger partial charge in [-0.1, -0.05) is 140 Å². The fourth-order valence-corrected chi connectivity index (χ4v) is 7.05. The maximum atomic E-state index is 14.7. The van der Waals surface area contributed by atoms with Gasteiger partial charge in [0.15, 0.2) is 0 Å². The van der Waals surface area contributed by atoms with Crippen LogP contribution in [0.4, 0.5) is 26.7 Å². The molecule has 12 heteroatoms. The molecular formula is C44H31F5N2O5. The molecule has 0 aromatic heterocycles. The van der Waals surface area contributed by atoms with Gasteiger partial charge in [0, 0.05) is 5.92 Å². The first kappa shape index (κ1) is 37.5. The van der Waals surface area contributed by atoms with Gasteiger partial charge >= 0.3 is 12.1 Å². The zero-order valence-corrected chi connectivity index (χ0v) is 29.3. The van der Waals surface area contributed by atoms with Gasteiger partial charge in [0.2, 0.25) is 40.7 Å². The van der Waals surface area contributed by atoms with Gasteiger partial charge < -0.3 is 20.1 Å². The first-order valence-corrected chi connectivity index (χ1v) is 17.4. The number of rotatable bonds is 11. The molecule has 7 nitrogen and oxygen atoms in total. The normalized spacial score (nSPS) is 12.6. The van der Waals surface area contributed by atoms with Crippen LogP contribution in [0.5, 0.6) is 5.75 Å². The van der Waals surface area contributed by atoms with Crippen LogP contribution in [0, 0.1) is 29.1 Å². The Labute approximate surface area is 317 Å². The summed E-state index contributed by atoms with van der Waals surface area (Å²) in [4.78, 5) is 41.3. The number of nitrogens with one attached hydrogen (secondary N) is 2. The maximum Gasteiger partial charge on any atom is 0.407 e. The average Bonchev–Trinajstić information content (AvgIpc) is 3.56. The third kappa shape index (κ3) is 7.08. The van der Waals surface area contributed by atoms with E-state index in [0.29, 0.717) is 16.7 Å². The number of hydrogen-bond acceptors (Lipinski definition) is 5. The molecule has 1 atom stereocenters. The average molecular weight is 763 g/mol. The van der Waals surface area contributed by atoms with Gasteiger partial charge in [-0.25, -0.2) is 22.8 Å². The van der Waals surface area contributed by atoms with E-state index in [9.17, 15) is 36.3 Å². The number of benzene rings is 6. The van der Waals surface area contributed by atoms with Gasteiger partial charge in [0.25, 0.3) is 0 Å². The highest BCUT2D eigenvalue weighted by molar-refractivity contribution is 5.90. The third-order valence-electron chi connectivity index (χ3n) is 9.63. The third-order valence-corrected chi connectivity index (χ3v) is 9.63. The maximum absolute atomic E-state index is 14.7. The molecule has 2 amide bonds. The lowest BCUT2D eigenvalue weighted by molar-refractivity contribution is -0.139. The van der Waals surface area contributed by atoms with Crippen molar-refractivity contribution < 1.29 is 45.8 Å². The van der Waals surface area contributed by atoms with E-state index < -0.39 is 76.7 Å². The van der Waals surface area contributed by atoms with Crippen molar-refractivity contribution >= 4 is 18.0 Å². The Balaban J connectivity index is 1.20. The van der Waals surface area contributed by atoms with Crippen molar-refractivity contribution in [3.63, 3.8) is 0 Å². The summed E-state index contributed by atoms with van der Waals surface area (Å²) in [7, 11) is 0. The zero-order chi connectivity index (χ0) is 39.4. The number of amides is 2. The van der Waals surface area contributed by atoms with Crippen molar-refractivity contribution in [2.24, 2.45) is 0 Å². The second kappa shape index (κ2) is 15.9. The lowest BCUT2D eigenvalue weighted by Crippen LogP contribution is -2.51. The number of fused-ring (bicyclic) bond motifs is 3. The first-order valence-electron chi connectivity index (χ1n) is 17.4. The Kier molecular flexibility index (Phi) is 10.6. The van der Waals surface area contributed by atoms with Crippen molar-refractivity contribution in [1.82, 2.24) is 10.6 Å². The number of ether oxygens (including phenoxy) is 2. The highest BCUT2D eigenvalue weighted by atomic mass is 19.2. The van der Waals surface area contributed by atoms with Crippen molar-refractivity contribution in [3.05, 3.63) is 196 Å². The van der Waals surface area contributed by atoms with Crippen LogP contribution in [0.25, 0.3) is 11.1 Å². The van der Waals surface area contributed by atoms with Crippen molar-refractivity contribution in [3.8, 4) is 16.9 Å². The van der Waals surface area contributed by atoms with Crippen LogP contribution in [0.2, 0.25) is 0 Å². The van der Waals surface area contributed by atoms with Gasteiger partial charge in [-0.15, -0.1) is 0 Å². The number of halogens is 5. The quantitative estimate of drug-likeness (QED) is 0.0344. The van der Waals surface area contributed by atoms with E-state index in [0.717, 1.165) is 22.3 Å². The molecule has 0 unspecified atom stereocenters. The van der Waals surface area contributed by atoms with Crippen molar-refractivity contribution in [2.45, 2.75) is 23.9 Å². The highest BCUT2D eigenvalue weighted by Crippen LogP contribution is 2.44. The Morgan fingerprint density at radius 2 is 0.982 bits per heavy atom. The summed E-state index contributed by atoms with van der Waals surface area (Å²) in [5.41, 5.74) is 4.07. The molecule has 6 aromatic carbocycles. The lowest BCUT2D eigenvalue weighted by Gasteiger charge is -2.37. The van der Waals surface area contributed by atoms with E-state index in [4.69, 9.17) is 9.47 Å². The number of alkyl carbamates (subject to hydrolysis) is 1. The highest BCUT2D eigenvalue weighted by Gasteiger charge is 2.40. The Morgan fingerprint density at radius 1 is 0.571 bits per heavy atom. The largest absolute Gasteiger partial charge is 0.449 e. The Hall–Kier alpha value is -6.82. The van der Waals surface area contributed by atoms with E-state index >= 15 is 0 Å². The number of esters is 1. The van der Waals surface area contributed by atoms with Gasteiger partial charge in [-0.05, 0) is 38.9 Å². The second-order valence-corrected chi connectivity index (χ2v) is 12.9. The number of carbonyl (C=O) groups is 3. The van der Waals surface area contributed by atoms with Crippen molar-refractivity contribution in [1.29, 1.82) is 0 Å². The molecule has 0 heterocycles. The second-order valence-electron chi connectivity index (χ2n) is 12.9. The smallest absolute Gasteiger partial charge is 0.407 e. The summed E-state index contributed by atoms with van der Waals surface area (Å²) in [5, 5.41) is 5.21. The molecule has 56 heavy (non-hydrogen) atoms. The summed E-state index contributed by atoms with van der Waals surface area (Å²) in [6, 6.07) is 39.7. The van der Waals surface area contributed by atoms with Gasteiger partial charge in [-0.2, -0.15) is 8.78 Å². The van der Waals surface area contributed by atoms with Gasteiger partial charge in [0.05, 0.1) is 6.42 Å². The molecule has 0 radical (unpaired) electrons. The van der Waals surface area contributed by atoms with Gasteiger partial charge in [-0.3, -0.25) is 4.79 Å². The standard InChI is InChI=1S/C44H31F5N2O5/c45-36-37(46)39(48)41(40(49)38(36)47)56-42(53)34(50-43(54)55-25-33-31-22-12-10-20-29(31)30-21-11-13-23-32(30)33)24-35(52)51-44(26-14-4-1-5-15-26,27-16-6-2-7-17-27)28-18-8-3-9-19-28/h1-23,33-34H,24-25H2,(H,50,54)(H,51,52)/t34-/m1/s1. The SMILES string of the molecule is O=C(C[C@@H](NC(=O)OCC1c2ccccc2-c2ccccc21)C(=O)Oc1c(F)c(F)c(F)c(F)c1F)NC(c1ccccc1)(c1ccccc1)c1ccccc1. The molecule has 6 aromatic rings. The number of carbonyl (C=O) groups excluding carboxylic acids is 3.